The fourth-order valence-corrected chi connectivity index (χ4v) is 2.82. The van der Waals surface area contributed by atoms with Gasteiger partial charge in [0, 0.05) is 26.7 Å². The zero-order valence-corrected chi connectivity index (χ0v) is 16.8. The number of rotatable bonds is 8. The Hall–Kier alpha value is -1.60. The molecule has 0 fully saturated rings. The average molecular weight is 369 g/mol. The van der Waals surface area contributed by atoms with E-state index < -0.39 is 10.0 Å². The van der Waals surface area contributed by atoms with Gasteiger partial charge in [0.05, 0.1) is 5.75 Å². The molecule has 6 nitrogen and oxygen atoms in total. The number of nitrogens with one attached hydrogen (secondary N) is 3. The summed E-state index contributed by atoms with van der Waals surface area (Å²) in [6.07, 6.45) is 0.896. The minimum absolute atomic E-state index is 0.0912. The van der Waals surface area contributed by atoms with E-state index in [9.17, 15) is 8.42 Å². The van der Waals surface area contributed by atoms with Crippen LogP contribution in [0.5, 0.6) is 0 Å². The summed E-state index contributed by atoms with van der Waals surface area (Å²) in [6, 6.07) is 8.69. The first-order valence-corrected chi connectivity index (χ1v) is 10.3. The number of aliphatic imine (C=N–C) groups is 1. The lowest BCUT2D eigenvalue weighted by atomic mass is 9.86. The van der Waals surface area contributed by atoms with E-state index in [0.717, 1.165) is 13.0 Å². The third-order valence-electron chi connectivity index (χ3n) is 3.87. The van der Waals surface area contributed by atoms with Crippen LogP contribution >= 0.6 is 0 Å². The predicted octanol–water partition coefficient (Wildman–Crippen LogP) is 1.63. The Morgan fingerprint density at radius 1 is 1.04 bits per heavy atom. The first-order valence-electron chi connectivity index (χ1n) is 8.69. The van der Waals surface area contributed by atoms with E-state index in [-0.39, 0.29) is 11.2 Å². The maximum Gasteiger partial charge on any atom is 0.211 e. The Morgan fingerprint density at radius 3 is 2.16 bits per heavy atom. The van der Waals surface area contributed by atoms with Gasteiger partial charge in [0.15, 0.2) is 5.96 Å². The largest absolute Gasteiger partial charge is 0.356 e. The van der Waals surface area contributed by atoms with Gasteiger partial charge in [-0.3, -0.25) is 4.99 Å². The molecule has 0 spiro atoms. The lowest BCUT2D eigenvalue weighted by Crippen LogP contribution is -2.42. The van der Waals surface area contributed by atoms with Gasteiger partial charge in [0.25, 0.3) is 0 Å². The number of hydrogen-bond acceptors (Lipinski definition) is 3. The number of hydrogen-bond donors (Lipinski definition) is 3. The number of nitrogens with zero attached hydrogens (tertiary/aromatic N) is 1. The molecule has 0 aliphatic rings. The molecular formula is C18H32N4O2S. The molecule has 0 radical (unpaired) electrons. The summed E-state index contributed by atoms with van der Waals surface area (Å²) in [5.41, 5.74) is 2.77. The van der Waals surface area contributed by atoms with Crippen molar-refractivity contribution in [1.82, 2.24) is 15.4 Å². The molecule has 0 aliphatic carbocycles. The summed E-state index contributed by atoms with van der Waals surface area (Å²) >= 11 is 0. The van der Waals surface area contributed by atoms with Crippen molar-refractivity contribution in [3.05, 3.63) is 35.4 Å². The van der Waals surface area contributed by atoms with Crippen LogP contribution in [0.2, 0.25) is 0 Å². The highest BCUT2D eigenvalue weighted by Crippen LogP contribution is 2.22. The van der Waals surface area contributed by atoms with Crippen LogP contribution in [0.3, 0.4) is 0 Å². The Morgan fingerprint density at radius 2 is 1.64 bits per heavy atom. The van der Waals surface area contributed by atoms with Gasteiger partial charge in [-0.2, -0.15) is 0 Å². The van der Waals surface area contributed by atoms with Gasteiger partial charge in [0.2, 0.25) is 10.0 Å². The van der Waals surface area contributed by atoms with Gasteiger partial charge in [0.1, 0.15) is 0 Å². The van der Waals surface area contributed by atoms with Gasteiger partial charge in [-0.25, -0.2) is 13.1 Å². The zero-order valence-electron chi connectivity index (χ0n) is 16.0. The summed E-state index contributed by atoms with van der Waals surface area (Å²) in [7, 11) is -1.44. The van der Waals surface area contributed by atoms with Crippen molar-refractivity contribution >= 4 is 16.0 Å². The Kier molecular flexibility index (Phi) is 8.38. The molecular weight excluding hydrogens is 336 g/mol. The van der Waals surface area contributed by atoms with Crippen LogP contribution in [0.1, 0.15) is 38.8 Å². The molecule has 0 saturated heterocycles. The minimum atomic E-state index is -3.14. The van der Waals surface area contributed by atoms with Crippen molar-refractivity contribution < 1.29 is 8.42 Å². The van der Waals surface area contributed by atoms with Crippen LogP contribution in [0.4, 0.5) is 0 Å². The SMILES string of the molecule is CCS(=O)(=O)NCCNC(=NC)NCCc1ccc(C(C)(C)C)cc1. The highest BCUT2D eigenvalue weighted by Gasteiger charge is 2.12. The Balaban J connectivity index is 2.33. The molecule has 3 N–H and O–H groups in total. The first kappa shape index (κ1) is 21.4. The average Bonchev–Trinajstić information content (AvgIpc) is 2.56. The van der Waals surface area contributed by atoms with Crippen molar-refractivity contribution in [3.8, 4) is 0 Å². The van der Waals surface area contributed by atoms with E-state index in [1.54, 1.807) is 14.0 Å². The second-order valence-corrected chi connectivity index (χ2v) is 9.02. The smallest absolute Gasteiger partial charge is 0.211 e. The molecule has 142 valence electrons. The van der Waals surface area contributed by atoms with Crippen molar-refractivity contribution in [2.24, 2.45) is 4.99 Å². The standard InChI is InChI=1S/C18H32N4O2S/c1-6-25(23,24)22-14-13-21-17(19-5)20-12-11-15-7-9-16(10-8-15)18(2,3)4/h7-10,22H,6,11-14H2,1-5H3,(H2,19,20,21). The highest BCUT2D eigenvalue weighted by molar-refractivity contribution is 7.89. The third-order valence-corrected chi connectivity index (χ3v) is 5.27. The van der Waals surface area contributed by atoms with Crippen LogP contribution in [0.15, 0.2) is 29.3 Å². The summed E-state index contributed by atoms with van der Waals surface area (Å²) in [5.74, 6) is 0.760. The maximum atomic E-state index is 11.3. The summed E-state index contributed by atoms with van der Waals surface area (Å²) in [4.78, 5) is 4.14. The van der Waals surface area contributed by atoms with E-state index in [0.29, 0.717) is 19.0 Å². The molecule has 1 rings (SSSR count). The number of sulfonamides is 1. The van der Waals surface area contributed by atoms with Crippen molar-refractivity contribution in [2.45, 2.75) is 39.5 Å². The van der Waals surface area contributed by atoms with Crippen LogP contribution in [0.25, 0.3) is 0 Å². The van der Waals surface area contributed by atoms with Crippen molar-refractivity contribution in [2.75, 3.05) is 32.4 Å². The lowest BCUT2D eigenvalue weighted by molar-refractivity contribution is 0.581. The number of guanidine groups is 1. The Bertz CT molecular complexity index is 647. The highest BCUT2D eigenvalue weighted by atomic mass is 32.2. The molecule has 0 unspecified atom stereocenters. The van der Waals surface area contributed by atoms with E-state index in [1.165, 1.54) is 11.1 Å². The van der Waals surface area contributed by atoms with Gasteiger partial charge >= 0.3 is 0 Å². The maximum absolute atomic E-state index is 11.3. The molecule has 0 amide bonds. The van der Waals surface area contributed by atoms with Crippen LogP contribution < -0.4 is 15.4 Å². The van der Waals surface area contributed by atoms with Crippen LogP contribution in [-0.4, -0.2) is 46.8 Å². The quantitative estimate of drug-likeness (QED) is 0.370. The molecule has 0 bridgehead atoms. The topological polar surface area (TPSA) is 82.6 Å². The molecule has 25 heavy (non-hydrogen) atoms. The van der Waals surface area contributed by atoms with Crippen LogP contribution in [-0.2, 0) is 21.9 Å². The molecule has 0 atom stereocenters. The molecule has 7 heteroatoms. The second-order valence-electron chi connectivity index (χ2n) is 6.92. The molecule has 1 aromatic carbocycles. The fraction of sp³-hybridized carbons (Fsp3) is 0.611. The van der Waals surface area contributed by atoms with Gasteiger partial charge in [-0.1, -0.05) is 45.0 Å². The monoisotopic (exact) mass is 368 g/mol. The van der Waals surface area contributed by atoms with E-state index in [1.807, 2.05) is 0 Å². The summed E-state index contributed by atoms with van der Waals surface area (Å²) in [5, 5.41) is 6.33. The summed E-state index contributed by atoms with van der Waals surface area (Å²) in [6.45, 7) is 9.82. The van der Waals surface area contributed by atoms with Crippen LogP contribution in [0, 0.1) is 0 Å². The minimum Gasteiger partial charge on any atom is -0.356 e. The van der Waals surface area contributed by atoms with Gasteiger partial charge in [-0.15, -0.1) is 0 Å². The van der Waals surface area contributed by atoms with Crippen molar-refractivity contribution in [1.29, 1.82) is 0 Å². The van der Waals surface area contributed by atoms with Crippen molar-refractivity contribution in [3.63, 3.8) is 0 Å². The predicted molar refractivity (Wildman–Crippen MR) is 106 cm³/mol. The fourth-order valence-electron chi connectivity index (χ4n) is 2.21. The molecule has 0 aliphatic heterocycles. The lowest BCUT2D eigenvalue weighted by Gasteiger charge is -2.19. The molecule has 1 aromatic rings. The van der Waals surface area contributed by atoms with E-state index in [4.69, 9.17) is 0 Å². The van der Waals surface area contributed by atoms with Gasteiger partial charge < -0.3 is 10.6 Å². The third kappa shape index (κ3) is 8.36. The summed E-state index contributed by atoms with van der Waals surface area (Å²) < 4.78 is 25.2. The normalized spacial score (nSPS) is 12.9. The molecule has 0 saturated carbocycles. The molecule has 0 heterocycles. The van der Waals surface area contributed by atoms with Gasteiger partial charge in [-0.05, 0) is 29.9 Å². The Labute approximate surface area is 152 Å². The molecule has 0 aromatic heterocycles. The van der Waals surface area contributed by atoms with E-state index in [2.05, 4.69) is 65.4 Å². The number of benzene rings is 1. The first-order chi connectivity index (χ1) is 11.7. The second kappa shape index (κ2) is 9.77. The van der Waals surface area contributed by atoms with E-state index >= 15 is 0 Å². The zero-order chi connectivity index (χ0) is 18.9.